The Hall–Kier alpha value is -1.02. The van der Waals surface area contributed by atoms with E-state index in [1.54, 1.807) is 0 Å². The first-order chi connectivity index (χ1) is 7.17. The third-order valence-electron chi connectivity index (χ3n) is 2.60. The predicted molar refractivity (Wildman–Crippen MR) is 67.4 cm³/mol. The topological polar surface area (TPSA) is 29.3 Å². The molecule has 1 aromatic carbocycles. The Morgan fingerprint density at radius 2 is 1.93 bits per heavy atom. The Labute approximate surface area is 93.1 Å². The van der Waals surface area contributed by atoms with E-state index in [2.05, 4.69) is 43.0 Å². The highest BCUT2D eigenvalue weighted by atomic mass is 15.1. The quantitative estimate of drug-likeness (QED) is 0.801. The number of benzene rings is 1. The number of rotatable bonds is 5. The van der Waals surface area contributed by atoms with Crippen LogP contribution in [0.25, 0.3) is 0 Å². The molecule has 0 aliphatic rings. The van der Waals surface area contributed by atoms with Gasteiger partial charge >= 0.3 is 0 Å². The first kappa shape index (κ1) is 12.1. The van der Waals surface area contributed by atoms with Crippen molar-refractivity contribution in [3.63, 3.8) is 0 Å². The molecule has 0 fully saturated rings. The zero-order chi connectivity index (χ0) is 11.3. The lowest BCUT2D eigenvalue weighted by Crippen LogP contribution is -2.22. The molecule has 0 aliphatic carbocycles. The second-order valence-corrected chi connectivity index (χ2v) is 4.02. The second-order valence-electron chi connectivity index (χ2n) is 4.02. The van der Waals surface area contributed by atoms with Gasteiger partial charge in [-0.3, -0.25) is 0 Å². The molecule has 0 spiro atoms. The summed E-state index contributed by atoms with van der Waals surface area (Å²) in [7, 11) is 0. The average molecular weight is 206 g/mol. The zero-order valence-corrected chi connectivity index (χ0v) is 10.0. The van der Waals surface area contributed by atoms with Gasteiger partial charge in [0.15, 0.2) is 0 Å². The summed E-state index contributed by atoms with van der Waals surface area (Å²) in [5, 5.41) is 0. The van der Waals surface area contributed by atoms with Crippen molar-refractivity contribution in [2.45, 2.75) is 33.2 Å². The fourth-order valence-electron chi connectivity index (χ4n) is 1.84. The van der Waals surface area contributed by atoms with Crippen molar-refractivity contribution in [1.82, 2.24) is 0 Å². The van der Waals surface area contributed by atoms with Gasteiger partial charge in [0.05, 0.1) is 0 Å². The van der Waals surface area contributed by atoms with Crippen molar-refractivity contribution < 1.29 is 0 Å². The van der Waals surface area contributed by atoms with Crippen molar-refractivity contribution in [2.75, 3.05) is 18.0 Å². The summed E-state index contributed by atoms with van der Waals surface area (Å²) >= 11 is 0. The molecule has 1 rings (SSSR count). The average Bonchev–Trinajstić information content (AvgIpc) is 2.19. The van der Waals surface area contributed by atoms with Crippen LogP contribution in [0.2, 0.25) is 0 Å². The van der Waals surface area contributed by atoms with E-state index in [1.807, 2.05) is 6.92 Å². The summed E-state index contributed by atoms with van der Waals surface area (Å²) in [6.07, 6.45) is 0.953. The standard InChI is InChI=1S/C13H22N2/c1-4-15(5-2)13-8-6-7-12(10-13)9-11(3)14/h6-8,10-11H,4-5,9,14H2,1-3H3. The van der Waals surface area contributed by atoms with E-state index in [0.29, 0.717) is 0 Å². The van der Waals surface area contributed by atoms with Crippen molar-refractivity contribution in [3.8, 4) is 0 Å². The lowest BCUT2D eigenvalue weighted by atomic mass is 10.1. The monoisotopic (exact) mass is 206 g/mol. The third-order valence-corrected chi connectivity index (χ3v) is 2.60. The molecular weight excluding hydrogens is 184 g/mol. The largest absolute Gasteiger partial charge is 0.372 e. The van der Waals surface area contributed by atoms with Crippen LogP contribution in [0, 0.1) is 0 Å². The Bertz CT molecular complexity index is 290. The second kappa shape index (κ2) is 5.76. The summed E-state index contributed by atoms with van der Waals surface area (Å²) in [6, 6.07) is 8.91. The van der Waals surface area contributed by atoms with Crippen LogP contribution in [-0.4, -0.2) is 19.1 Å². The van der Waals surface area contributed by atoms with Gasteiger partial charge in [0.1, 0.15) is 0 Å². The van der Waals surface area contributed by atoms with E-state index in [4.69, 9.17) is 5.73 Å². The normalized spacial score (nSPS) is 12.5. The maximum Gasteiger partial charge on any atom is 0.0368 e. The molecule has 84 valence electrons. The van der Waals surface area contributed by atoms with Gasteiger partial charge < -0.3 is 10.6 Å². The van der Waals surface area contributed by atoms with Crippen LogP contribution in [0.3, 0.4) is 0 Å². The first-order valence-corrected chi connectivity index (χ1v) is 5.76. The molecule has 1 atom stereocenters. The van der Waals surface area contributed by atoms with Crippen LogP contribution in [-0.2, 0) is 6.42 Å². The maximum absolute atomic E-state index is 5.80. The van der Waals surface area contributed by atoms with Crippen LogP contribution < -0.4 is 10.6 Å². The van der Waals surface area contributed by atoms with E-state index < -0.39 is 0 Å². The van der Waals surface area contributed by atoms with Crippen molar-refractivity contribution >= 4 is 5.69 Å². The number of anilines is 1. The summed E-state index contributed by atoms with van der Waals surface area (Å²) in [4.78, 5) is 2.35. The molecule has 0 aromatic heterocycles. The molecule has 0 aliphatic heterocycles. The molecule has 2 heteroatoms. The van der Waals surface area contributed by atoms with Gasteiger partial charge in [-0.2, -0.15) is 0 Å². The molecular formula is C13H22N2. The molecule has 1 unspecified atom stereocenters. The Balaban J connectivity index is 2.81. The van der Waals surface area contributed by atoms with Gasteiger partial charge in [0.2, 0.25) is 0 Å². The van der Waals surface area contributed by atoms with Crippen LogP contribution in [0.1, 0.15) is 26.3 Å². The third kappa shape index (κ3) is 3.56. The lowest BCUT2D eigenvalue weighted by Gasteiger charge is -2.21. The number of hydrogen-bond acceptors (Lipinski definition) is 2. The molecule has 0 bridgehead atoms. The van der Waals surface area contributed by atoms with Crippen molar-refractivity contribution in [2.24, 2.45) is 5.73 Å². The van der Waals surface area contributed by atoms with E-state index in [1.165, 1.54) is 11.3 Å². The molecule has 0 saturated heterocycles. The Morgan fingerprint density at radius 1 is 1.27 bits per heavy atom. The van der Waals surface area contributed by atoms with Crippen LogP contribution in [0.4, 0.5) is 5.69 Å². The molecule has 2 N–H and O–H groups in total. The number of nitrogens with zero attached hydrogens (tertiary/aromatic N) is 1. The SMILES string of the molecule is CCN(CC)c1cccc(CC(C)N)c1. The van der Waals surface area contributed by atoms with Crippen LogP contribution >= 0.6 is 0 Å². The minimum Gasteiger partial charge on any atom is -0.372 e. The highest BCUT2D eigenvalue weighted by Crippen LogP contribution is 2.16. The Kier molecular flexibility index (Phi) is 4.63. The smallest absolute Gasteiger partial charge is 0.0368 e. The summed E-state index contributed by atoms with van der Waals surface area (Å²) in [5.41, 5.74) is 8.43. The van der Waals surface area contributed by atoms with Crippen LogP contribution in [0.15, 0.2) is 24.3 Å². The highest BCUT2D eigenvalue weighted by molar-refractivity contribution is 5.48. The maximum atomic E-state index is 5.80. The van der Waals surface area contributed by atoms with E-state index >= 15 is 0 Å². The predicted octanol–water partition coefficient (Wildman–Crippen LogP) is 2.42. The van der Waals surface area contributed by atoms with Gasteiger partial charge in [-0.25, -0.2) is 0 Å². The molecule has 15 heavy (non-hydrogen) atoms. The minimum absolute atomic E-state index is 0.233. The molecule has 0 amide bonds. The first-order valence-electron chi connectivity index (χ1n) is 5.76. The summed E-state index contributed by atoms with van der Waals surface area (Å²) < 4.78 is 0. The zero-order valence-electron chi connectivity index (χ0n) is 10.0. The molecule has 1 aromatic rings. The highest BCUT2D eigenvalue weighted by Gasteiger charge is 2.03. The number of nitrogens with two attached hydrogens (primary N) is 1. The van der Waals surface area contributed by atoms with Gasteiger partial charge in [-0.15, -0.1) is 0 Å². The molecule has 0 radical (unpaired) electrons. The summed E-state index contributed by atoms with van der Waals surface area (Å²) in [5.74, 6) is 0. The molecule has 0 saturated carbocycles. The van der Waals surface area contributed by atoms with Crippen molar-refractivity contribution in [1.29, 1.82) is 0 Å². The van der Waals surface area contributed by atoms with Gasteiger partial charge in [-0.05, 0) is 44.9 Å². The van der Waals surface area contributed by atoms with E-state index in [0.717, 1.165) is 19.5 Å². The molecule has 2 nitrogen and oxygen atoms in total. The molecule has 0 heterocycles. The van der Waals surface area contributed by atoms with Crippen molar-refractivity contribution in [3.05, 3.63) is 29.8 Å². The van der Waals surface area contributed by atoms with E-state index in [9.17, 15) is 0 Å². The minimum atomic E-state index is 0.233. The van der Waals surface area contributed by atoms with Gasteiger partial charge in [-0.1, -0.05) is 12.1 Å². The van der Waals surface area contributed by atoms with Crippen LogP contribution in [0.5, 0.6) is 0 Å². The summed E-state index contributed by atoms with van der Waals surface area (Å²) in [6.45, 7) is 8.52. The fraction of sp³-hybridized carbons (Fsp3) is 0.538. The van der Waals surface area contributed by atoms with E-state index in [-0.39, 0.29) is 6.04 Å². The number of hydrogen-bond donors (Lipinski definition) is 1. The van der Waals surface area contributed by atoms with Gasteiger partial charge in [0, 0.05) is 24.8 Å². The van der Waals surface area contributed by atoms with Gasteiger partial charge in [0.25, 0.3) is 0 Å². The Morgan fingerprint density at radius 3 is 2.47 bits per heavy atom. The lowest BCUT2D eigenvalue weighted by molar-refractivity contribution is 0.737. The fourth-order valence-corrected chi connectivity index (χ4v) is 1.84.